The van der Waals surface area contributed by atoms with Gasteiger partial charge in [0.05, 0.1) is 0 Å². The number of rotatable bonds is 9. The van der Waals surface area contributed by atoms with Crippen LogP contribution in [0.15, 0.2) is 24.4 Å². The van der Waals surface area contributed by atoms with Crippen LogP contribution < -0.4 is 0 Å². The van der Waals surface area contributed by atoms with E-state index in [4.69, 9.17) is 0 Å². The molecule has 2 aromatic rings. The number of aromatic nitrogens is 1. The van der Waals surface area contributed by atoms with Crippen molar-refractivity contribution in [2.24, 2.45) is 0 Å². The first kappa shape index (κ1) is 16.1. The zero-order valence-corrected chi connectivity index (χ0v) is 13.9. The third kappa shape index (κ3) is 4.60. The molecule has 21 heavy (non-hydrogen) atoms. The van der Waals surface area contributed by atoms with E-state index in [1.807, 2.05) is 0 Å². The van der Waals surface area contributed by atoms with Crippen molar-refractivity contribution < 1.29 is 0 Å². The highest BCUT2D eigenvalue weighted by atomic mass is 15.1. The van der Waals surface area contributed by atoms with Gasteiger partial charge in [0.1, 0.15) is 0 Å². The molecule has 0 bridgehead atoms. The minimum atomic E-state index is 1.19. The van der Waals surface area contributed by atoms with Gasteiger partial charge in [-0.25, -0.2) is 0 Å². The van der Waals surface area contributed by atoms with Crippen LogP contribution in [-0.4, -0.2) is 29.5 Å². The molecule has 0 aliphatic carbocycles. The molecule has 0 spiro atoms. The van der Waals surface area contributed by atoms with Crippen molar-refractivity contribution in [1.29, 1.82) is 0 Å². The molecule has 0 fully saturated rings. The highest BCUT2D eigenvalue weighted by Crippen LogP contribution is 2.21. The minimum Gasteiger partial charge on any atom is -0.361 e. The van der Waals surface area contributed by atoms with Gasteiger partial charge in [-0.15, -0.1) is 0 Å². The first-order valence-corrected chi connectivity index (χ1v) is 8.53. The third-order valence-electron chi connectivity index (χ3n) is 4.17. The lowest BCUT2D eigenvalue weighted by atomic mass is 10.1. The molecular formula is C19H30N2. The second kappa shape index (κ2) is 8.23. The maximum atomic E-state index is 3.40. The first-order chi connectivity index (χ1) is 10.2. The van der Waals surface area contributed by atoms with Crippen LogP contribution in [0.5, 0.6) is 0 Å². The van der Waals surface area contributed by atoms with Gasteiger partial charge < -0.3 is 9.88 Å². The van der Waals surface area contributed by atoms with Gasteiger partial charge in [0.15, 0.2) is 0 Å². The Hall–Kier alpha value is -1.28. The Morgan fingerprint density at radius 3 is 2.48 bits per heavy atom. The number of nitrogens with one attached hydrogen (secondary N) is 1. The van der Waals surface area contributed by atoms with Crippen LogP contribution in [0.2, 0.25) is 0 Å². The Morgan fingerprint density at radius 2 is 1.76 bits per heavy atom. The number of hydrogen-bond donors (Lipinski definition) is 1. The van der Waals surface area contributed by atoms with E-state index in [0.717, 1.165) is 0 Å². The van der Waals surface area contributed by atoms with Crippen molar-refractivity contribution in [2.45, 2.75) is 52.9 Å². The highest BCUT2D eigenvalue weighted by molar-refractivity contribution is 5.83. The highest BCUT2D eigenvalue weighted by Gasteiger charge is 2.05. The van der Waals surface area contributed by atoms with E-state index in [-0.39, 0.29) is 0 Å². The summed E-state index contributed by atoms with van der Waals surface area (Å²) in [7, 11) is 0. The Balaban J connectivity index is 1.83. The fourth-order valence-electron chi connectivity index (χ4n) is 3.12. The van der Waals surface area contributed by atoms with Crippen molar-refractivity contribution in [3.8, 4) is 0 Å². The average Bonchev–Trinajstić information content (AvgIpc) is 2.86. The monoisotopic (exact) mass is 286 g/mol. The summed E-state index contributed by atoms with van der Waals surface area (Å²) in [5.74, 6) is 0. The number of fused-ring (bicyclic) bond motifs is 1. The predicted octanol–water partition coefficient (Wildman–Crippen LogP) is 4.92. The summed E-state index contributed by atoms with van der Waals surface area (Å²) in [5.41, 5.74) is 4.10. The summed E-state index contributed by atoms with van der Waals surface area (Å²) in [6, 6.07) is 6.68. The average molecular weight is 286 g/mol. The van der Waals surface area contributed by atoms with E-state index in [0.29, 0.717) is 0 Å². The maximum Gasteiger partial charge on any atom is 0.0456 e. The van der Waals surface area contributed by atoms with Crippen LogP contribution >= 0.6 is 0 Å². The molecule has 2 rings (SSSR count). The summed E-state index contributed by atoms with van der Waals surface area (Å²) in [4.78, 5) is 6.01. The zero-order valence-electron chi connectivity index (χ0n) is 13.9. The van der Waals surface area contributed by atoms with E-state index < -0.39 is 0 Å². The molecule has 0 aliphatic rings. The van der Waals surface area contributed by atoms with Crippen LogP contribution in [0, 0.1) is 6.92 Å². The van der Waals surface area contributed by atoms with Gasteiger partial charge in [-0.2, -0.15) is 0 Å². The standard InChI is InChI=1S/C19H30N2/c1-4-11-21(12-5-2)13-7-6-8-17-15-20-19-10-9-16(3)14-18(17)19/h9-10,14-15,20H,4-8,11-13H2,1-3H3. The van der Waals surface area contributed by atoms with Crippen LogP contribution in [0.3, 0.4) is 0 Å². The Labute approximate surface area is 129 Å². The van der Waals surface area contributed by atoms with Crippen molar-refractivity contribution >= 4 is 10.9 Å². The molecule has 1 aromatic carbocycles. The molecule has 0 atom stereocenters. The minimum absolute atomic E-state index is 1.19. The van der Waals surface area contributed by atoms with Crippen molar-refractivity contribution in [2.75, 3.05) is 19.6 Å². The fourth-order valence-corrected chi connectivity index (χ4v) is 3.12. The van der Waals surface area contributed by atoms with Crippen LogP contribution in [0.25, 0.3) is 10.9 Å². The first-order valence-electron chi connectivity index (χ1n) is 8.53. The quantitative estimate of drug-likeness (QED) is 0.648. The molecule has 0 unspecified atom stereocenters. The number of nitrogens with zero attached hydrogens (tertiary/aromatic N) is 1. The Kier molecular flexibility index (Phi) is 6.31. The summed E-state index contributed by atoms with van der Waals surface area (Å²) < 4.78 is 0. The number of benzene rings is 1. The van der Waals surface area contributed by atoms with E-state index in [9.17, 15) is 0 Å². The smallest absolute Gasteiger partial charge is 0.0456 e. The van der Waals surface area contributed by atoms with Crippen molar-refractivity contribution in [3.63, 3.8) is 0 Å². The molecule has 0 amide bonds. The van der Waals surface area contributed by atoms with Gasteiger partial charge >= 0.3 is 0 Å². The van der Waals surface area contributed by atoms with E-state index in [1.54, 1.807) is 0 Å². The number of aromatic amines is 1. The van der Waals surface area contributed by atoms with Gasteiger partial charge in [0.25, 0.3) is 0 Å². The summed E-state index contributed by atoms with van der Waals surface area (Å²) in [6.07, 6.45) is 8.50. The molecule has 0 saturated heterocycles. The summed E-state index contributed by atoms with van der Waals surface area (Å²) in [5, 5.41) is 1.41. The lowest BCUT2D eigenvalue weighted by Gasteiger charge is -2.20. The van der Waals surface area contributed by atoms with Crippen LogP contribution in [0.4, 0.5) is 0 Å². The number of unbranched alkanes of at least 4 members (excludes halogenated alkanes) is 1. The SMILES string of the molecule is CCCN(CCC)CCCCc1c[nH]c2ccc(C)cc12. The molecular weight excluding hydrogens is 256 g/mol. The molecule has 0 aliphatic heterocycles. The lowest BCUT2D eigenvalue weighted by molar-refractivity contribution is 0.269. The van der Waals surface area contributed by atoms with Gasteiger partial charge in [0.2, 0.25) is 0 Å². The molecule has 116 valence electrons. The fraction of sp³-hybridized carbons (Fsp3) is 0.579. The third-order valence-corrected chi connectivity index (χ3v) is 4.17. The summed E-state index contributed by atoms with van der Waals surface area (Å²) in [6.45, 7) is 10.5. The van der Waals surface area contributed by atoms with Gasteiger partial charge in [-0.05, 0) is 76.4 Å². The van der Waals surface area contributed by atoms with Crippen LogP contribution in [-0.2, 0) is 6.42 Å². The normalized spacial score (nSPS) is 11.6. The van der Waals surface area contributed by atoms with Crippen molar-refractivity contribution in [3.05, 3.63) is 35.5 Å². The Morgan fingerprint density at radius 1 is 1.00 bits per heavy atom. The predicted molar refractivity (Wildman–Crippen MR) is 93.0 cm³/mol. The zero-order chi connectivity index (χ0) is 15.1. The van der Waals surface area contributed by atoms with Gasteiger partial charge in [-0.1, -0.05) is 25.5 Å². The van der Waals surface area contributed by atoms with Gasteiger partial charge in [0, 0.05) is 17.1 Å². The second-order valence-electron chi connectivity index (χ2n) is 6.16. The maximum absolute atomic E-state index is 3.40. The molecule has 0 radical (unpaired) electrons. The number of hydrogen-bond acceptors (Lipinski definition) is 1. The molecule has 0 saturated carbocycles. The number of H-pyrrole nitrogens is 1. The lowest BCUT2D eigenvalue weighted by Crippen LogP contribution is -2.26. The molecule has 2 heteroatoms. The largest absolute Gasteiger partial charge is 0.361 e. The molecule has 1 aromatic heterocycles. The van der Waals surface area contributed by atoms with E-state index in [1.165, 1.54) is 73.8 Å². The van der Waals surface area contributed by atoms with Gasteiger partial charge in [-0.3, -0.25) is 0 Å². The topological polar surface area (TPSA) is 19.0 Å². The van der Waals surface area contributed by atoms with Crippen LogP contribution in [0.1, 0.15) is 50.7 Å². The summed E-state index contributed by atoms with van der Waals surface area (Å²) >= 11 is 0. The molecule has 1 N–H and O–H groups in total. The van der Waals surface area contributed by atoms with Crippen molar-refractivity contribution in [1.82, 2.24) is 9.88 Å². The molecule has 1 heterocycles. The second-order valence-corrected chi connectivity index (χ2v) is 6.16. The number of aryl methyl sites for hydroxylation is 2. The van der Waals surface area contributed by atoms with E-state index in [2.05, 4.69) is 55.1 Å². The Bertz CT molecular complexity index is 535. The molecule has 2 nitrogen and oxygen atoms in total. The van der Waals surface area contributed by atoms with E-state index >= 15 is 0 Å².